The first kappa shape index (κ1) is 26.9. The van der Waals surface area contributed by atoms with Gasteiger partial charge in [-0.2, -0.15) is 26.3 Å². The molecule has 8 nitrogen and oxygen atoms in total. The first-order valence-corrected chi connectivity index (χ1v) is 11.7. The van der Waals surface area contributed by atoms with Gasteiger partial charge in [0.1, 0.15) is 12.1 Å². The molecule has 1 unspecified atom stereocenters. The highest BCUT2D eigenvalue weighted by atomic mass is 19.4. The van der Waals surface area contributed by atoms with Crippen molar-refractivity contribution in [1.82, 2.24) is 20.4 Å². The molecule has 0 radical (unpaired) electrons. The van der Waals surface area contributed by atoms with Crippen LogP contribution in [0.5, 0.6) is 0 Å². The molecule has 202 valence electrons. The van der Waals surface area contributed by atoms with Gasteiger partial charge in [-0.05, 0) is 62.0 Å². The molecule has 1 aromatic carbocycles. The smallest absolute Gasteiger partial charge is 0.340 e. The van der Waals surface area contributed by atoms with E-state index in [0.717, 1.165) is 4.90 Å². The number of piperidine rings is 2. The maximum absolute atomic E-state index is 13.8. The lowest BCUT2D eigenvalue weighted by Crippen LogP contribution is -2.53. The number of nitrogens with zero attached hydrogens (tertiary/aromatic N) is 2. The summed E-state index contributed by atoms with van der Waals surface area (Å²) in [6, 6.07) is 0.666. The molecular formula is C23H24F6N4O4. The zero-order valence-corrected chi connectivity index (χ0v) is 19.4. The van der Waals surface area contributed by atoms with E-state index in [0.29, 0.717) is 5.56 Å². The van der Waals surface area contributed by atoms with Crippen molar-refractivity contribution in [2.24, 2.45) is 5.92 Å². The van der Waals surface area contributed by atoms with Crippen molar-refractivity contribution < 1.29 is 45.5 Å². The predicted octanol–water partition coefficient (Wildman–Crippen LogP) is 2.38. The van der Waals surface area contributed by atoms with Gasteiger partial charge in [0, 0.05) is 24.1 Å². The van der Waals surface area contributed by atoms with Gasteiger partial charge in [0.15, 0.2) is 0 Å². The number of benzene rings is 1. The second-order valence-electron chi connectivity index (χ2n) is 9.49. The Labute approximate surface area is 207 Å². The fourth-order valence-corrected chi connectivity index (χ4v) is 5.11. The topological polar surface area (TPSA) is 98.8 Å². The quantitative estimate of drug-likeness (QED) is 0.447. The van der Waals surface area contributed by atoms with Gasteiger partial charge < -0.3 is 10.2 Å². The molecule has 4 rings (SSSR count). The zero-order valence-electron chi connectivity index (χ0n) is 19.4. The number of hydrogen-bond acceptors (Lipinski definition) is 5. The highest BCUT2D eigenvalue weighted by Crippen LogP contribution is 2.33. The van der Waals surface area contributed by atoms with Gasteiger partial charge in [-0.15, -0.1) is 0 Å². The summed E-state index contributed by atoms with van der Waals surface area (Å²) >= 11 is 0. The van der Waals surface area contributed by atoms with Gasteiger partial charge in [0.05, 0.1) is 6.54 Å². The van der Waals surface area contributed by atoms with Gasteiger partial charge in [0.25, 0.3) is 11.8 Å². The summed E-state index contributed by atoms with van der Waals surface area (Å²) in [5, 5.41) is 4.15. The minimum atomic E-state index is -4.82. The fourth-order valence-electron chi connectivity index (χ4n) is 5.11. The lowest BCUT2D eigenvalue weighted by molar-refractivity contribution is -0.173. The number of amides is 4. The molecule has 4 amide bonds. The normalized spacial score (nSPS) is 22.6. The van der Waals surface area contributed by atoms with Crippen LogP contribution < -0.4 is 10.6 Å². The largest absolute Gasteiger partial charge is 0.408 e. The lowest BCUT2D eigenvalue weighted by Gasteiger charge is -2.37. The first-order chi connectivity index (χ1) is 17.2. The van der Waals surface area contributed by atoms with E-state index in [1.807, 2.05) is 5.32 Å². The van der Waals surface area contributed by atoms with Crippen LogP contribution in [0, 0.1) is 5.92 Å². The zero-order chi connectivity index (χ0) is 27.1. The molecule has 37 heavy (non-hydrogen) atoms. The van der Waals surface area contributed by atoms with Crippen LogP contribution in [-0.2, 0) is 16.1 Å². The van der Waals surface area contributed by atoms with E-state index in [1.54, 1.807) is 0 Å². The van der Waals surface area contributed by atoms with E-state index >= 15 is 0 Å². The summed E-state index contributed by atoms with van der Waals surface area (Å²) in [6.45, 7) is -1.61. The molecule has 1 aromatic rings. The molecular weight excluding hydrogens is 510 g/mol. The minimum absolute atomic E-state index is 0.0536. The second-order valence-corrected chi connectivity index (χ2v) is 9.49. The van der Waals surface area contributed by atoms with Crippen molar-refractivity contribution >= 4 is 23.6 Å². The number of nitrogens with one attached hydrogen (secondary N) is 2. The van der Waals surface area contributed by atoms with Crippen molar-refractivity contribution in [3.8, 4) is 0 Å². The maximum Gasteiger partial charge on any atom is 0.408 e. The van der Waals surface area contributed by atoms with Gasteiger partial charge in [-0.3, -0.25) is 29.4 Å². The van der Waals surface area contributed by atoms with Crippen molar-refractivity contribution in [2.75, 3.05) is 19.6 Å². The molecule has 2 fully saturated rings. The van der Waals surface area contributed by atoms with Crippen molar-refractivity contribution in [3.05, 3.63) is 34.9 Å². The molecule has 3 heterocycles. The molecule has 0 spiro atoms. The van der Waals surface area contributed by atoms with Crippen LogP contribution >= 0.6 is 0 Å². The molecule has 2 atom stereocenters. The molecule has 3 aliphatic heterocycles. The standard InChI is InChI=1S/C23H24F6N4O4/c24-22(25,26)11-32-7-5-12(6-8-32)18(23(27,28)29)31-19(35)13-1-2-15-14(9-13)10-33(21(15)37)16-3-4-17(34)30-20(16)36/h1-2,9,12,16,18H,3-8,10-11H2,(H,31,35)(H,30,34,36)/t16?,18-/m1/s1. The van der Waals surface area contributed by atoms with Crippen LogP contribution in [0.4, 0.5) is 26.3 Å². The lowest BCUT2D eigenvalue weighted by atomic mass is 9.88. The average Bonchev–Trinajstić information content (AvgIpc) is 3.12. The maximum atomic E-state index is 13.8. The summed E-state index contributed by atoms with van der Waals surface area (Å²) in [7, 11) is 0. The number of alkyl halides is 6. The Morgan fingerprint density at radius 1 is 1.05 bits per heavy atom. The van der Waals surface area contributed by atoms with Crippen LogP contribution in [0.1, 0.15) is 52.0 Å². The summed E-state index contributed by atoms with van der Waals surface area (Å²) in [4.78, 5) is 51.4. The molecule has 0 aliphatic carbocycles. The van der Waals surface area contributed by atoms with Gasteiger partial charge in [0.2, 0.25) is 11.8 Å². The van der Waals surface area contributed by atoms with E-state index in [2.05, 4.69) is 5.32 Å². The molecule has 14 heteroatoms. The van der Waals surface area contributed by atoms with E-state index in [-0.39, 0.29) is 56.4 Å². The number of halogens is 6. The summed E-state index contributed by atoms with van der Waals surface area (Å²) < 4.78 is 79.2. The van der Waals surface area contributed by atoms with E-state index < -0.39 is 60.5 Å². The van der Waals surface area contributed by atoms with Crippen LogP contribution in [0.25, 0.3) is 0 Å². The Hall–Kier alpha value is -3.16. The van der Waals surface area contributed by atoms with Crippen LogP contribution in [-0.4, -0.2) is 77.5 Å². The number of fused-ring (bicyclic) bond motifs is 1. The van der Waals surface area contributed by atoms with Gasteiger partial charge in [-0.25, -0.2) is 0 Å². The third-order valence-electron chi connectivity index (χ3n) is 6.93. The third-order valence-corrected chi connectivity index (χ3v) is 6.93. The number of hydrogen-bond donors (Lipinski definition) is 2. The number of carbonyl (C=O) groups excluding carboxylic acids is 4. The van der Waals surface area contributed by atoms with Crippen molar-refractivity contribution in [2.45, 2.75) is 56.7 Å². The molecule has 0 saturated carbocycles. The summed E-state index contributed by atoms with van der Waals surface area (Å²) in [6.07, 6.45) is -9.42. The second kappa shape index (κ2) is 9.95. The van der Waals surface area contributed by atoms with Crippen LogP contribution in [0.15, 0.2) is 18.2 Å². The Bertz CT molecular complexity index is 1100. The Balaban J connectivity index is 1.44. The Kier molecular flexibility index (Phi) is 7.23. The highest BCUT2D eigenvalue weighted by Gasteiger charge is 2.47. The number of carbonyl (C=O) groups is 4. The SMILES string of the molecule is O=C1CCC(N2Cc3cc(C(=O)N[C@H](C4CCN(CC(F)(F)F)CC4)C(F)(F)F)ccc3C2=O)C(=O)N1. The summed E-state index contributed by atoms with van der Waals surface area (Å²) in [5.41, 5.74) is 0.428. The van der Waals surface area contributed by atoms with Gasteiger partial charge >= 0.3 is 12.4 Å². The third kappa shape index (κ3) is 6.05. The van der Waals surface area contributed by atoms with Crippen molar-refractivity contribution in [1.29, 1.82) is 0 Å². The van der Waals surface area contributed by atoms with E-state index in [1.165, 1.54) is 23.1 Å². The minimum Gasteiger partial charge on any atom is -0.340 e. The Morgan fingerprint density at radius 2 is 1.73 bits per heavy atom. The van der Waals surface area contributed by atoms with Crippen LogP contribution in [0.2, 0.25) is 0 Å². The van der Waals surface area contributed by atoms with Crippen molar-refractivity contribution in [3.63, 3.8) is 0 Å². The Morgan fingerprint density at radius 3 is 2.32 bits per heavy atom. The molecule has 2 saturated heterocycles. The predicted molar refractivity (Wildman–Crippen MR) is 115 cm³/mol. The average molecular weight is 534 g/mol. The molecule has 0 aromatic heterocycles. The molecule has 2 N–H and O–H groups in total. The number of imide groups is 1. The highest BCUT2D eigenvalue weighted by molar-refractivity contribution is 6.06. The van der Waals surface area contributed by atoms with Gasteiger partial charge in [-0.1, -0.05) is 0 Å². The molecule has 3 aliphatic rings. The fraction of sp³-hybridized carbons (Fsp3) is 0.565. The summed E-state index contributed by atoms with van der Waals surface area (Å²) in [5.74, 6) is -3.68. The molecule has 0 bridgehead atoms. The number of rotatable bonds is 5. The van der Waals surface area contributed by atoms with E-state index in [4.69, 9.17) is 0 Å². The number of likely N-dealkylation sites (tertiary alicyclic amines) is 1. The van der Waals surface area contributed by atoms with E-state index in [9.17, 15) is 45.5 Å². The monoisotopic (exact) mass is 534 g/mol. The first-order valence-electron chi connectivity index (χ1n) is 11.7. The van der Waals surface area contributed by atoms with Crippen LogP contribution in [0.3, 0.4) is 0 Å².